The van der Waals surface area contributed by atoms with Crippen LogP contribution < -0.4 is 10.9 Å². The Morgan fingerprint density at radius 1 is 1.00 bits per heavy atom. The standard InChI is InChI=1S/C6H8F3N3O3/c1-3(13)10-12(11-4(2)14)5(15)6(7,8)9/h1-2H3,(H,10,13)(H,11,14). The quantitative estimate of drug-likeness (QED) is 0.546. The average Bonchev–Trinajstić information content (AvgIpc) is 1.98. The monoisotopic (exact) mass is 227 g/mol. The van der Waals surface area contributed by atoms with E-state index in [9.17, 15) is 27.6 Å². The normalized spacial score (nSPS) is 10.5. The van der Waals surface area contributed by atoms with Crippen LogP contribution in [0.5, 0.6) is 0 Å². The zero-order chi connectivity index (χ0) is 12.2. The molecule has 0 unspecified atom stereocenters. The first-order valence-electron chi connectivity index (χ1n) is 3.60. The van der Waals surface area contributed by atoms with E-state index in [1.165, 1.54) is 10.9 Å². The van der Waals surface area contributed by atoms with Gasteiger partial charge in [-0.25, -0.2) is 10.9 Å². The molecule has 0 spiro atoms. The lowest BCUT2D eigenvalue weighted by atomic mass is 10.6. The molecule has 0 atom stereocenters. The van der Waals surface area contributed by atoms with Gasteiger partial charge in [0, 0.05) is 13.8 Å². The summed E-state index contributed by atoms with van der Waals surface area (Å²) in [7, 11) is 0. The van der Waals surface area contributed by atoms with Crippen LogP contribution in [0.25, 0.3) is 0 Å². The minimum absolute atomic E-state index is 0.315. The van der Waals surface area contributed by atoms with E-state index < -0.39 is 23.9 Å². The van der Waals surface area contributed by atoms with Crippen molar-refractivity contribution in [2.75, 3.05) is 0 Å². The predicted octanol–water partition coefficient (Wildman–Crippen LogP) is -0.521. The van der Waals surface area contributed by atoms with Gasteiger partial charge in [0.25, 0.3) is 0 Å². The summed E-state index contributed by atoms with van der Waals surface area (Å²) >= 11 is 0. The number of nitrogens with zero attached hydrogens (tertiary/aromatic N) is 1. The number of carbonyl (C=O) groups excluding carboxylic acids is 3. The van der Waals surface area contributed by atoms with Crippen molar-refractivity contribution < 1.29 is 27.6 Å². The highest BCUT2D eigenvalue weighted by Crippen LogP contribution is 2.16. The van der Waals surface area contributed by atoms with Gasteiger partial charge >= 0.3 is 12.1 Å². The van der Waals surface area contributed by atoms with E-state index in [1.807, 2.05) is 0 Å². The second-order valence-corrected chi connectivity index (χ2v) is 2.47. The van der Waals surface area contributed by atoms with Crippen molar-refractivity contribution in [1.29, 1.82) is 0 Å². The fraction of sp³-hybridized carbons (Fsp3) is 0.500. The first-order valence-corrected chi connectivity index (χ1v) is 3.60. The smallest absolute Gasteiger partial charge is 0.274 e. The highest BCUT2D eigenvalue weighted by Gasteiger charge is 2.44. The second kappa shape index (κ2) is 4.62. The van der Waals surface area contributed by atoms with Gasteiger partial charge in [0.2, 0.25) is 11.8 Å². The van der Waals surface area contributed by atoms with Gasteiger partial charge < -0.3 is 0 Å². The van der Waals surface area contributed by atoms with Crippen LogP contribution in [0.1, 0.15) is 13.8 Å². The molecule has 0 aromatic rings. The molecule has 0 aliphatic heterocycles. The molecule has 15 heavy (non-hydrogen) atoms. The van der Waals surface area contributed by atoms with Gasteiger partial charge in [-0.1, -0.05) is 0 Å². The Morgan fingerprint density at radius 2 is 1.33 bits per heavy atom. The molecule has 0 heterocycles. The average molecular weight is 227 g/mol. The number of amides is 3. The molecule has 6 nitrogen and oxygen atoms in total. The van der Waals surface area contributed by atoms with Crippen LogP contribution in [-0.4, -0.2) is 29.0 Å². The molecule has 2 N–H and O–H groups in total. The van der Waals surface area contributed by atoms with Gasteiger partial charge in [0.1, 0.15) is 0 Å². The molecular weight excluding hydrogens is 219 g/mol. The van der Waals surface area contributed by atoms with E-state index in [0.717, 1.165) is 13.8 Å². The summed E-state index contributed by atoms with van der Waals surface area (Å²) in [5, 5.41) is -0.315. The number of alkyl halides is 3. The number of hydrogen-bond acceptors (Lipinski definition) is 3. The third kappa shape index (κ3) is 4.84. The SMILES string of the molecule is CC(=O)NN(NC(C)=O)C(=O)C(F)(F)F. The number of halogens is 3. The van der Waals surface area contributed by atoms with Gasteiger partial charge in [-0.15, -0.1) is 5.12 Å². The molecule has 0 fully saturated rings. The molecule has 0 saturated carbocycles. The Hall–Kier alpha value is -1.80. The number of nitrogens with one attached hydrogen (secondary N) is 2. The van der Waals surface area contributed by atoms with Crippen molar-refractivity contribution in [3.05, 3.63) is 0 Å². The molecular formula is C6H8F3N3O3. The topological polar surface area (TPSA) is 78.5 Å². The molecule has 0 aromatic heterocycles. The van der Waals surface area contributed by atoms with Crippen LogP contribution in [0.15, 0.2) is 0 Å². The Kier molecular flexibility index (Phi) is 4.07. The van der Waals surface area contributed by atoms with Crippen molar-refractivity contribution in [1.82, 2.24) is 16.0 Å². The summed E-state index contributed by atoms with van der Waals surface area (Å²) in [6.45, 7) is 1.77. The fourth-order valence-electron chi connectivity index (χ4n) is 0.571. The highest BCUT2D eigenvalue weighted by atomic mass is 19.4. The van der Waals surface area contributed by atoms with Crippen molar-refractivity contribution in [2.24, 2.45) is 0 Å². The molecule has 0 aromatic carbocycles. The number of hydrogen-bond donors (Lipinski definition) is 2. The summed E-state index contributed by atoms with van der Waals surface area (Å²) in [4.78, 5) is 31.5. The third-order valence-corrected chi connectivity index (χ3v) is 0.984. The molecule has 9 heteroatoms. The van der Waals surface area contributed by atoms with Crippen LogP contribution in [0.4, 0.5) is 13.2 Å². The summed E-state index contributed by atoms with van der Waals surface area (Å²) < 4.78 is 35.7. The molecule has 0 rings (SSSR count). The lowest BCUT2D eigenvalue weighted by Crippen LogP contribution is -2.58. The summed E-state index contributed by atoms with van der Waals surface area (Å²) in [5.74, 6) is -4.25. The first-order chi connectivity index (χ1) is 6.64. The Labute approximate surface area is 82.3 Å². The van der Waals surface area contributed by atoms with Crippen molar-refractivity contribution in [2.45, 2.75) is 20.0 Å². The van der Waals surface area contributed by atoms with Gasteiger partial charge in [-0.3, -0.25) is 14.4 Å². The molecule has 0 aliphatic carbocycles. The van der Waals surface area contributed by atoms with E-state index in [2.05, 4.69) is 0 Å². The Morgan fingerprint density at radius 3 is 1.53 bits per heavy atom. The third-order valence-electron chi connectivity index (χ3n) is 0.984. The van der Waals surface area contributed by atoms with E-state index in [4.69, 9.17) is 0 Å². The van der Waals surface area contributed by atoms with Crippen LogP contribution >= 0.6 is 0 Å². The van der Waals surface area contributed by atoms with Crippen molar-refractivity contribution >= 4 is 17.7 Å². The zero-order valence-electron chi connectivity index (χ0n) is 7.81. The van der Waals surface area contributed by atoms with E-state index in [1.54, 1.807) is 0 Å². The molecule has 3 amide bonds. The largest absolute Gasteiger partial charge is 0.475 e. The maximum atomic E-state index is 11.9. The van der Waals surface area contributed by atoms with E-state index >= 15 is 0 Å². The van der Waals surface area contributed by atoms with Crippen molar-refractivity contribution in [3.8, 4) is 0 Å². The van der Waals surface area contributed by atoms with Gasteiger partial charge in [0.15, 0.2) is 0 Å². The predicted molar refractivity (Wildman–Crippen MR) is 40.5 cm³/mol. The summed E-state index contributed by atoms with van der Waals surface area (Å²) in [6, 6.07) is 0. The van der Waals surface area contributed by atoms with Crippen molar-refractivity contribution in [3.63, 3.8) is 0 Å². The Balaban J connectivity index is 4.70. The van der Waals surface area contributed by atoms with E-state index in [-0.39, 0.29) is 5.12 Å². The number of carbonyl (C=O) groups is 3. The maximum absolute atomic E-state index is 11.9. The molecule has 0 bridgehead atoms. The zero-order valence-corrected chi connectivity index (χ0v) is 7.81. The fourth-order valence-corrected chi connectivity index (χ4v) is 0.571. The minimum Gasteiger partial charge on any atom is -0.274 e. The molecule has 86 valence electrons. The maximum Gasteiger partial charge on any atom is 0.475 e. The lowest BCUT2D eigenvalue weighted by molar-refractivity contribution is -0.194. The van der Waals surface area contributed by atoms with Crippen LogP contribution in [0.2, 0.25) is 0 Å². The Bertz CT molecular complexity index is 273. The lowest BCUT2D eigenvalue weighted by Gasteiger charge is -2.22. The first kappa shape index (κ1) is 13.2. The van der Waals surface area contributed by atoms with E-state index in [0.29, 0.717) is 0 Å². The van der Waals surface area contributed by atoms with Crippen LogP contribution in [0, 0.1) is 0 Å². The van der Waals surface area contributed by atoms with Gasteiger partial charge in [-0.05, 0) is 0 Å². The number of hydrazine groups is 2. The molecule has 0 saturated heterocycles. The minimum atomic E-state index is -5.19. The van der Waals surface area contributed by atoms with Crippen LogP contribution in [0.3, 0.4) is 0 Å². The number of rotatable bonds is 0. The summed E-state index contributed by atoms with van der Waals surface area (Å²) in [6.07, 6.45) is -5.19. The summed E-state index contributed by atoms with van der Waals surface area (Å²) in [5.41, 5.74) is 3.02. The van der Waals surface area contributed by atoms with Crippen LogP contribution in [-0.2, 0) is 14.4 Å². The van der Waals surface area contributed by atoms with Gasteiger partial charge in [0.05, 0.1) is 0 Å². The molecule has 0 radical (unpaired) electrons. The highest BCUT2D eigenvalue weighted by molar-refractivity contribution is 5.86. The van der Waals surface area contributed by atoms with Gasteiger partial charge in [-0.2, -0.15) is 13.2 Å². The second-order valence-electron chi connectivity index (χ2n) is 2.47. The molecule has 0 aliphatic rings.